The van der Waals surface area contributed by atoms with Gasteiger partial charge in [0.15, 0.2) is 0 Å². The van der Waals surface area contributed by atoms with E-state index in [-0.39, 0.29) is 47.5 Å². The lowest BCUT2D eigenvalue weighted by molar-refractivity contribution is -0.125. The van der Waals surface area contributed by atoms with Crippen molar-refractivity contribution in [1.82, 2.24) is 21.3 Å². The summed E-state index contributed by atoms with van der Waals surface area (Å²) in [5, 5.41) is 11.7. The Hall–Kier alpha value is -1.28. The lowest BCUT2D eigenvalue weighted by atomic mass is 10.1. The van der Waals surface area contributed by atoms with Gasteiger partial charge < -0.3 is 16.0 Å². The molecule has 1 heterocycles. The molecule has 0 aromatic rings. The highest BCUT2D eigenvalue weighted by Gasteiger charge is 2.30. The average molecular weight is 328 g/mol. The van der Waals surface area contributed by atoms with Crippen molar-refractivity contribution in [2.75, 3.05) is 5.75 Å². The first-order valence-electron chi connectivity index (χ1n) is 7.68. The highest BCUT2D eigenvalue weighted by molar-refractivity contribution is 8.00. The summed E-state index contributed by atoms with van der Waals surface area (Å²) in [6.07, 6.45) is 2.67. The number of thioether (sulfide) groups is 1. The minimum absolute atomic E-state index is 0.0176. The maximum Gasteiger partial charge on any atom is 0.230 e. The summed E-state index contributed by atoms with van der Waals surface area (Å²) in [7, 11) is 0. The Bertz CT molecular complexity index is 440. The Labute approximate surface area is 134 Å². The van der Waals surface area contributed by atoms with Gasteiger partial charge >= 0.3 is 0 Å². The Morgan fingerprint density at radius 2 is 2.05 bits per heavy atom. The number of hydrogen-bond acceptors (Lipinski definition) is 5. The number of carbonyl (C=O) groups excluding carboxylic acids is 3. The predicted octanol–water partition coefficient (Wildman–Crippen LogP) is -0.325. The molecule has 2 aliphatic rings. The normalized spacial score (nSPS) is 24.8. The first-order valence-corrected chi connectivity index (χ1v) is 8.73. The maximum atomic E-state index is 11.8. The molecule has 1 saturated carbocycles. The molecule has 22 heavy (non-hydrogen) atoms. The van der Waals surface area contributed by atoms with E-state index in [1.807, 2.05) is 13.8 Å². The summed E-state index contributed by atoms with van der Waals surface area (Å²) in [5.74, 6) is 0.0855. The standard InChI is InChI=1S/C14H24N4O3S/c1-8(2)15-13(21)7-22-14-17-10(6-12(20)18-14)5-11(19)16-9-3-4-9/h8-10,14,17H,3-7H2,1-2H3,(H,15,21)(H,16,19)(H,18,20). The van der Waals surface area contributed by atoms with Crippen LogP contribution in [-0.2, 0) is 14.4 Å². The molecule has 1 aliphatic carbocycles. The van der Waals surface area contributed by atoms with Gasteiger partial charge in [-0.3, -0.25) is 19.7 Å². The number of amides is 3. The molecule has 2 fully saturated rings. The molecule has 124 valence electrons. The van der Waals surface area contributed by atoms with E-state index in [0.717, 1.165) is 12.8 Å². The molecule has 0 aromatic carbocycles. The second-order valence-corrected chi connectivity index (χ2v) is 7.19. The molecule has 0 aromatic heterocycles. The summed E-state index contributed by atoms with van der Waals surface area (Å²) >= 11 is 1.32. The molecule has 4 N–H and O–H groups in total. The molecule has 2 rings (SSSR count). The summed E-state index contributed by atoms with van der Waals surface area (Å²) in [5.41, 5.74) is -0.335. The van der Waals surface area contributed by atoms with Crippen molar-refractivity contribution in [3.8, 4) is 0 Å². The third kappa shape index (κ3) is 6.23. The van der Waals surface area contributed by atoms with Crippen LogP contribution in [0, 0.1) is 0 Å². The van der Waals surface area contributed by atoms with Crippen molar-refractivity contribution in [2.24, 2.45) is 0 Å². The Morgan fingerprint density at radius 1 is 1.32 bits per heavy atom. The molecule has 1 aliphatic heterocycles. The van der Waals surface area contributed by atoms with E-state index in [0.29, 0.717) is 12.5 Å². The second kappa shape index (κ2) is 7.82. The zero-order chi connectivity index (χ0) is 16.1. The van der Waals surface area contributed by atoms with Gasteiger partial charge in [-0.25, -0.2) is 0 Å². The van der Waals surface area contributed by atoms with Crippen LogP contribution in [0.4, 0.5) is 0 Å². The number of hydrogen-bond donors (Lipinski definition) is 4. The molecular formula is C14H24N4O3S. The number of rotatable bonds is 7. The van der Waals surface area contributed by atoms with Gasteiger partial charge in [0.1, 0.15) is 5.50 Å². The van der Waals surface area contributed by atoms with Crippen molar-refractivity contribution in [3.63, 3.8) is 0 Å². The van der Waals surface area contributed by atoms with Gasteiger partial charge in [-0.2, -0.15) is 0 Å². The molecule has 0 spiro atoms. The van der Waals surface area contributed by atoms with E-state index >= 15 is 0 Å². The van der Waals surface area contributed by atoms with Gasteiger partial charge in [0.05, 0.1) is 5.75 Å². The fourth-order valence-electron chi connectivity index (χ4n) is 2.23. The van der Waals surface area contributed by atoms with Gasteiger partial charge in [-0.05, 0) is 26.7 Å². The fourth-order valence-corrected chi connectivity index (χ4v) is 3.13. The third-order valence-corrected chi connectivity index (χ3v) is 4.33. The zero-order valence-electron chi connectivity index (χ0n) is 13.0. The van der Waals surface area contributed by atoms with Gasteiger partial charge in [0.25, 0.3) is 0 Å². The molecular weight excluding hydrogens is 304 g/mol. The fraction of sp³-hybridized carbons (Fsp3) is 0.786. The van der Waals surface area contributed by atoms with Crippen LogP contribution in [0.5, 0.6) is 0 Å². The summed E-state index contributed by atoms with van der Waals surface area (Å²) < 4.78 is 0. The summed E-state index contributed by atoms with van der Waals surface area (Å²) in [6.45, 7) is 3.80. The van der Waals surface area contributed by atoms with E-state index in [1.165, 1.54) is 11.8 Å². The molecule has 0 bridgehead atoms. The number of carbonyl (C=O) groups is 3. The van der Waals surface area contributed by atoms with Crippen LogP contribution in [0.25, 0.3) is 0 Å². The van der Waals surface area contributed by atoms with Crippen molar-refractivity contribution >= 4 is 29.5 Å². The minimum Gasteiger partial charge on any atom is -0.353 e. The van der Waals surface area contributed by atoms with Crippen LogP contribution in [0.3, 0.4) is 0 Å². The van der Waals surface area contributed by atoms with E-state index in [4.69, 9.17) is 0 Å². The first-order chi connectivity index (χ1) is 10.4. The van der Waals surface area contributed by atoms with E-state index in [9.17, 15) is 14.4 Å². The van der Waals surface area contributed by atoms with Crippen LogP contribution in [0.1, 0.15) is 39.5 Å². The van der Waals surface area contributed by atoms with Crippen molar-refractivity contribution in [3.05, 3.63) is 0 Å². The quantitative estimate of drug-likeness (QED) is 0.513. The van der Waals surface area contributed by atoms with Crippen LogP contribution in [0.2, 0.25) is 0 Å². The summed E-state index contributed by atoms with van der Waals surface area (Å²) in [6, 6.07) is 0.244. The van der Waals surface area contributed by atoms with E-state index < -0.39 is 0 Å². The van der Waals surface area contributed by atoms with Crippen molar-refractivity contribution < 1.29 is 14.4 Å². The minimum atomic E-state index is -0.335. The van der Waals surface area contributed by atoms with Gasteiger partial charge in [0.2, 0.25) is 17.7 Å². The highest BCUT2D eigenvalue weighted by atomic mass is 32.2. The lowest BCUT2D eigenvalue weighted by Crippen LogP contribution is -2.56. The van der Waals surface area contributed by atoms with Crippen LogP contribution >= 0.6 is 11.8 Å². The molecule has 7 nitrogen and oxygen atoms in total. The first kappa shape index (κ1) is 17.1. The lowest BCUT2D eigenvalue weighted by Gasteiger charge is -2.30. The number of nitrogens with one attached hydrogen (secondary N) is 4. The molecule has 2 unspecified atom stereocenters. The molecule has 2 atom stereocenters. The molecule has 1 saturated heterocycles. The Balaban J connectivity index is 1.73. The Kier molecular flexibility index (Phi) is 6.07. The SMILES string of the molecule is CC(C)NC(=O)CSC1NC(=O)CC(CC(=O)NC2CC2)N1. The summed E-state index contributed by atoms with van der Waals surface area (Å²) in [4.78, 5) is 35.2. The maximum absolute atomic E-state index is 11.8. The van der Waals surface area contributed by atoms with Gasteiger partial charge in [-0.1, -0.05) is 0 Å². The van der Waals surface area contributed by atoms with Crippen LogP contribution in [0.15, 0.2) is 0 Å². The van der Waals surface area contributed by atoms with Crippen molar-refractivity contribution in [1.29, 1.82) is 0 Å². The topological polar surface area (TPSA) is 99.3 Å². The van der Waals surface area contributed by atoms with Crippen molar-refractivity contribution in [2.45, 2.75) is 63.2 Å². The molecule has 0 radical (unpaired) electrons. The molecule has 3 amide bonds. The van der Waals surface area contributed by atoms with E-state index in [2.05, 4.69) is 21.3 Å². The monoisotopic (exact) mass is 328 g/mol. The predicted molar refractivity (Wildman–Crippen MR) is 85.0 cm³/mol. The van der Waals surface area contributed by atoms with Gasteiger partial charge in [0, 0.05) is 31.0 Å². The third-order valence-electron chi connectivity index (χ3n) is 3.32. The zero-order valence-corrected chi connectivity index (χ0v) is 13.8. The smallest absolute Gasteiger partial charge is 0.230 e. The Morgan fingerprint density at radius 3 is 2.68 bits per heavy atom. The second-order valence-electron chi connectivity index (χ2n) is 6.09. The largest absolute Gasteiger partial charge is 0.353 e. The average Bonchev–Trinajstić information content (AvgIpc) is 3.18. The van der Waals surface area contributed by atoms with Gasteiger partial charge in [-0.15, -0.1) is 11.8 Å². The highest BCUT2D eigenvalue weighted by Crippen LogP contribution is 2.19. The van der Waals surface area contributed by atoms with Crippen LogP contribution in [-0.4, -0.2) is 47.1 Å². The molecule has 8 heteroatoms. The van der Waals surface area contributed by atoms with E-state index in [1.54, 1.807) is 0 Å². The van der Waals surface area contributed by atoms with Crippen LogP contribution < -0.4 is 21.3 Å².